The molecule has 4 fully saturated rings. The fourth-order valence-corrected chi connectivity index (χ4v) is 8.96. The number of ether oxygens (including phenoxy) is 1. The van der Waals surface area contributed by atoms with Gasteiger partial charge in [-0.3, -0.25) is 0 Å². The molecular formula is C27H44O3. The second-order valence-corrected chi connectivity index (χ2v) is 12.8. The Morgan fingerprint density at radius 2 is 1.77 bits per heavy atom. The zero-order valence-electron chi connectivity index (χ0n) is 19.9. The van der Waals surface area contributed by atoms with Crippen molar-refractivity contribution < 1.29 is 14.9 Å². The summed E-state index contributed by atoms with van der Waals surface area (Å²) in [5, 5.41) is 21.5. The van der Waals surface area contributed by atoms with Gasteiger partial charge in [-0.2, -0.15) is 0 Å². The lowest BCUT2D eigenvalue weighted by Crippen LogP contribution is -2.54. The highest BCUT2D eigenvalue weighted by molar-refractivity contribution is 5.27. The summed E-state index contributed by atoms with van der Waals surface area (Å²) in [4.78, 5) is 0. The average molecular weight is 417 g/mol. The maximum Gasteiger partial charge on any atom is 0.0892 e. The van der Waals surface area contributed by atoms with E-state index in [9.17, 15) is 10.2 Å². The van der Waals surface area contributed by atoms with Crippen LogP contribution >= 0.6 is 0 Å². The molecule has 4 aliphatic carbocycles. The van der Waals surface area contributed by atoms with Crippen molar-refractivity contribution in [3.05, 3.63) is 11.6 Å². The van der Waals surface area contributed by atoms with Crippen LogP contribution in [0.3, 0.4) is 0 Å². The fourth-order valence-electron chi connectivity index (χ4n) is 8.96. The van der Waals surface area contributed by atoms with E-state index < -0.39 is 0 Å². The molecule has 1 aliphatic heterocycles. The van der Waals surface area contributed by atoms with Crippen LogP contribution < -0.4 is 0 Å². The van der Waals surface area contributed by atoms with Gasteiger partial charge in [-0.05, 0) is 112 Å². The van der Waals surface area contributed by atoms with Crippen molar-refractivity contribution >= 4 is 0 Å². The van der Waals surface area contributed by atoms with E-state index in [0.717, 1.165) is 31.1 Å². The molecule has 3 nitrogen and oxygen atoms in total. The Labute approximate surface area is 183 Å². The molecule has 3 saturated carbocycles. The largest absolute Gasteiger partial charge is 0.393 e. The molecule has 2 N–H and O–H groups in total. The van der Waals surface area contributed by atoms with E-state index in [-0.39, 0.29) is 23.2 Å². The Balaban J connectivity index is 1.34. The number of hydrogen-bond acceptors (Lipinski definition) is 3. The van der Waals surface area contributed by atoms with Crippen LogP contribution in [0, 0.1) is 40.4 Å². The van der Waals surface area contributed by atoms with Crippen molar-refractivity contribution in [1.82, 2.24) is 0 Å². The molecule has 0 bridgehead atoms. The predicted molar refractivity (Wildman–Crippen MR) is 120 cm³/mol. The predicted octanol–water partition coefficient (Wildman–Crippen LogP) is 5.49. The number of aliphatic hydroxyl groups is 2. The summed E-state index contributed by atoms with van der Waals surface area (Å²) in [5.41, 5.74) is 2.04. The first-order chi connectivity index (χ1) is 14.1. The van der Waals surface area contributed by atoms with E-state index in [1.54, 1.807) is 0 Å². The number of rotatable bonds is 4. The third-order valence-corrected chi connectivity index (χ3v) is 10.9. The highest BCUT2D eigenvalue weighted by Gasteiger charge is 2.61. The van der Waals surface area contributed by atoms with Gasteiger partial charge in [-0.15, -0.1) is 0 Å². The van der Waals surface area contributed by atoms with Gasteiger partial charge in [0.05, 0.1) is 23.9 Å². The molecular weight excluding hydrogens is 372 g/mol. The maximum atomic E-state index is 11.3. The first-order valence-electron chi connectivity index (χ1n) is 12.8. The van der Waals surface area contributed by atoms with E-state index in [2.05, 4.69) is 40.7 Å². The molecule has 5 rings (SSSR count). The summed E-state index contributed by atoms with van der Waals surface area (Å²) in [6.45, 7) is 11.9. The van der Waals surface area contributed by atoms with Gasteiger partial charge < -0.3 is 14.9 Å². The summed E-state index contributed by atoms with van der Waals surface area (Å²) in [5.74, 6) is 3.17. The number of hydrogen-bond donors (Lipinski definition) is 2. The monoisotopic (exact) mass is 416 g/mol. The van der Waals surface area contributed by atoms with Crippen molar-refractivity contribution in [3.8, 4) is 0 Å². The van der Waals surface area contributed by atoms with Crippen LogP contribution in [-0.4, -0.2) is 34.1 Å². The lowest BCUT2D eigenvalue weighted by Gasteiger charge is -2.59. The molecule has 1 saturated heterocycles. The van der Waals surface area contributed by atoms with E-state index in [1.165, 1.54) is 44.1 Å². The Kier molecular flexibility index (Phi) is 5.05. The molecule has 0 aromatic heterocycles. The van der Waals surface area contributed by atoms with Gasteiger partial charge in [0.15, 0.2) is 0 Å². The van der Waals surface area contributed by atoms with Crippen LogP contribution in [-0.2, 0) is 4.74 Å². The molecule has 10 atom stereocenters. The average Bonchev–Trinajstić information content (AvgIpc) is 3.13. The fraction of sp³-hybridized carbons (Fsp3) is 0.926. The van der Waals surface area contributed by atoms with Crippen LogP contribution in [0.4, 0.5) is 0 Å². The molecule has 0 aromatic carbocycles. The second kappa shape index (κ2) is 7.06. The molecule has 0 spiro atoms. The van der Waals surface area contributed by atoms with Gasteiger partial charge in [0.2, 0.25) is 0 Å². The molecule has 5 aliphatic rings. The summed E-state index contributed by atoms with van der Waals surface area (Å²) in [7, 11) is 0. The smallest absolute Gasteiger partial charge is 0.0892 e. The quantitative estimate of drug-likeness (QED) is 0.470. The van der Waals surface area contributed by atoms with Gasteiger partial charge in [0.25, 0.3) is 0 Å². The van der Waals surface area contributed by atoms with Crippen LogP contribution in [0.5, 0.6) is 0 Å². The topological polar surface area (TPSA) is 53.0 Å². The number of fused-ring (bicyclic) bond motifs is 5. The summed E-state index contributed by atoms with van der Waals surface area (Å²) < 4.78 is 5.85. The summed E-state index contributed by atoms with van der Waals surface area (Å²) in [6.07, 6.45) is 12.6. The van der Waals surface area contributed by atoms with Gasteiger partial charge >= 0.3 is 0 Å². The van der Waals surface area contributed by atoms with Crippen molar-refractivity contribution in [1.29, 1.82) is 0 Å². The third kappa shape index (κ3) is 3.17. The highest BCUT2D eigenvalue weighted by atomic mass is 16.6. The van der Waals surface area contributed by atoms with Crippen LogP contribution in [0.25, 0.3) is 0 Å². The molecule has 0 unspecified atom stereocenters. The summed E-state index contributed by atoms with van der Waals surface area (Å²) in [6, 6.07) is 0. The van der Waals surface area contributed by atoms with Crippen LogP contribution in [0.2, 0.25) is 0 Å². The van der Waals surface area contributed by atoms with Gasteiger partial charge in [-0.1, -0.05) is 32.4 Å². The van der Waals surface area contributed by atoms with Gasteiger partial charge in [0.1, 0.15) is 0 Å². The molecule has 1 heterocycles. The minimum atomic E-state index is -0.317. The van der Waals surface area contributed by atoms with E-state index >= 15 is 0 Å². The minimum absolute atomic E-state index is 0.110. The van der Waals surface area contributed by atoms with E-state index in [1.807, 2.05) is 0 Å². The Hall–Kier alpha value is -0.380. The Morgan fingerprint density at radius 1 is 1.03 bits per heavy atom. The second-order valence-electron chi connectivity index (χ2n) is 12.8. The molecule has 3 heteroatoms. The Bertz CT molecular complexity index is 713. The van der Waals surface area contributed by atoms with Gasteiger partial charge in [0, 0.05) is 0 Å². The highest BCUT2D eigenvalue weighted by Crippen LogP contribution is 2.67. The molecule has 30 heavy (non-hydrogen) atoms. The van der Waals surface area contributed by atoms with Crippen molar-refractivity contribution in [2.75, 3.05) is 0 Å². The Morgan fingerprint density at radius 3 is 2.47 bits per heavy atom. The minimum Gasteiger partial charge on any atom is -0.393 e. The third-order valence-electron chi connectivity index (χ3n) is 10.9. The van der Waals surface area contributed by atoms with E-state index in [0.29, 0.717) is 29.3 Å². The zero-order valence-corrected chi connectivity index (χ0v) is 19.9. The lowest BCUT2D eigenvalue weighted by atomic mass is 9.46. The first-order valence-corrected chi connectivity index (χ1v) is 12.8. The first kappa shape index (κ1) is 21.5. The van der Waals surface area contributed by atoms with Crippen molar-refractivity contribution in [2.45, 2.75) is 116 Å². The standard InChI is InChI=1S/C27H44O3/c1-16(6-9-23-25(2,3)30-23)19-7-8-20-24-21(11-13-27(19,20)5)26(4)12-10-18(28)14-17(26)15-22(24)29/h15-16,18-24,28-29H,6-14H2,1-5H3/t16-,18+,19-,20+,21+,22+,23+,24+,26+,27-/m1/s1. The molecule has 0 radical (unpaired) electrons. The zero-order chi connectivity index (χ0) is 21.5. The molecule has 0 amide bonds. The van der Waals surface area contributed by atoms with E-state index in [4.69, 9.17) is 4.74 Å². The molecule has 170 valence electrons. The lowest BCUT2D eigenvalue weighted by molar-refractivity contribution is -0.0971. The summed E-state index contributed by atoms with van der Waals surface area (Å²) >= 11 is 0. The van der Waals surface area contributed by atoms with Crippen molar-refractivity contribution in [3.63, 3.8) is 0 Å². The maximum absolute atomic E-state index is 11.3. The molecule has 0 aromatic rings. The van der Waals surface area contributed by atoms with Crippen molar-refractivity contribution in [2.24, 2.45) is 40.4 Å². The SMILES string of the molecule is C[C@H](CC[C@@H]1OC1(C)C)[C@H]1CC[C@H]2[C@@H]3[C@@H](O)C=C4C[C@@H](O)CC[C@]4(C)[C@H]3CC[C@]12C. The number of epoxide rings is 1. The van der Waals surface area contributed by atoms with Crippen LogP contribution in [0.1, 0.15) is 92.4 Å². The van der Waals surface area contributed by atoms with Gasteiger partial charge in [-0.25, -0.2) is 0 Å². The number of aliphatic hydroxyl groups excluding tert-OH is 2. The van der Waals surface area contributed by atoms with Crippen LogP contribution in [0.15, 0.2) is 11.6 Å². The normalized spacial score (nSPS) is 52.6.